The third-order valence-electron chi connectivity index (χ3n) is 1.73. The zero-order chi connectivity index (χ0) is 13.1. The predicted octanol–water partition coefficient (Wildman–Crippen LogP) is 1.50. The van der Waals surface area contributed by atoms with E-state index in [9.17, 15) is 18.0 Å². The third kappa shape index (κ3) is 13.1. The summed E-state index contributed by atoms with van der Waals surface area (Å²) in [4.78, 5) is 11.1. The molecule has 0 bridgehead atoms. The average molecular weight is 257 g/mol. The van der Waals surface area contributed by atoms with Gasteiger partial charge in [0.1, 0.15) is 6.61 Å². The zero-order valence-electron chi connectivity index (χ0n) is 9.81. The molecule has 0 saturated heterocycles. The van der Waals surface area contributed by atoms with Crippen LogP contribution < -0.4 is 5.32 Å². The molecule has 0 heterocycles. The van der Waals surface area contributed by atoms with Crippen LogP contribution in [-0.2, 0) is 14.3 Å². The summed E-state index contributed by atoms with van der Waals surface area (Å²) in [7, 11) is 0. The summed E-state index contributed by atoms with van der Waals surface area (Å²) in [6.07, 6.45) is -3.41. The second-order valence-electron chi connectivity index (χ2n) is 3.32. The van der Waals surface area contributed by atoms with Crippen molar-refractivity contribution in [3.63, 3.8) is 0 Å². The first-order chi connectivity index (χ1) is 7.95. The van der Waals surface area contributed by atoms with Crippen LogP contribution in [0.3, 0.4) is 0 Å². The maximum atomic E-state index is 11.7. The second-order valence-corrected chi connectivity index (χ2v) is 3.32. The maximum Gasteiger partial charge on any atom is 0.411 e. The molecule has 4 nitrogen and oxygen atoms in total. The maximum absolute atomic E-state index is 11.7. The topological polar surface area (TPSA) is 47.6 Å². The highest BCUT2D eigenvalue weighted by Crippen LogP contribution is 2.13. The summed E-state index contributed by atoms with van der Waals surface area (Å²) in [6.45, 7) is 1.63. The lowest BCUT2D eigenvalue weighted by Gasteiger charge is -2.08. The molecule has 1 amide bonds. The van der Waals surface area contributed by atoms with Crippen molar-refractivity contribution in [2.45, 2.75) is 25.9 Å². The van der Waals surface area contributed by atoms with Crippen molar-refractivity contribution < 1.29 is 27.4 Å². The van der Waals surface area contributed by atoms with Crippen LogP contribution >= 0.6 is 0 Å². The van der Waals surface area contributed by atoms with Crippen molar-refractivity contribution in [2.24, 2.45) is 0 Å². The molecule has 0 aliphatic carbocycles. The van der Waals surface area contributed by atoms with Gasteiger partial charge in [-0.1, -0.05) is 0 Å². The largest absolute Gasteiger partial charge is 0.411 e. The smallest absolute Gasteiger partial charge is 0.382 e. The third-order valence-corrected chi connectivity index (χ3v) is 1.73. The van der Waals surface area contributed by atoms with E-state index in [0.717, 1.165) is 0 Å². The highest BCUT2D eigenvalue weighted by Gasteiger charge is 2.27. The van der Waals surface area contributed by atoms with Crippen LogP contribution in [0, 0.1) is 0 Å². The molecule has 0 saturated carbocycles. The van der Waals surface area contributed by atoms with Gasteiger partial charge < -0.3 is 14.8 Å². The fourth-order valence-electron chi connectivity index (χ4n) is 1.02. The number of amides is 1. The number of rotatable bonds is 9. The number of carbonyl (C=O) groups excluding carboxylic acids is 1. The van der Waals surface area contributed by atoms with Crippen LogP contribution in [0.4, 0.5) is 13.2 Å². The van der Waals surface area contributed by atoms with Crippen molar-refractivity contribution in [3.05, 3.63) is 0 Å². The number of hydrogen-bond acceptors (Lipinski definition) is 3. The van der Waals surface area contributed by atoms with Gasteiger partial charge in [0.25, 0.3) is 0 Å². The standard InChI is InChI=1S/C10H18F3NO3/c1-2-16-6-3-4-9(15)14-5-7-17-8-10(11,12)13/h2-8H2,1H3,(H,14,15). The van der Waals surface area contributed by atoms with Gasteiger partial charge >= 0.3 is 6.18 Å². The molecule has 0 aromatic rings. The first kappa shape index (κ1) is 16.2. The highest BCUT2D eigenvalue weighted by atomic mass is 19.4. The van der Waals surface area contributed by atoms with E-state index in [-0.39, 0.29) is 19.1 Å². The Morgan fingerprint density at radius 1 is 1.24 bits per heavy atom. The number of carbonyl (C=O) groups is 1. The summed E-state index contributed by atoms with van der Waals surface area (Å²) in [5, 5.41) is 2.46. The lowest BCUT2D eigenvalue weighted by atomic mass is 10.3. The predicted molar refractivity (Wildman–Crippen MR) is 55.6 cm³/mol. The minimum absolute atomic E-state index is 0.0869. The first-order valence-electron chi connectivity index (χ1n) is 5.44. The Bertz CT molecular complexity index is 209. The van der Waals surface area contributed by atoms with E-state index < -0.39 is 12.8 Å². The van der Waals surface area contributed by atoms with E-state index in [2.05, 4.69) is 10.1 Å². The molecule has 17 heavy (non-hydrogen) atoms. The van der Waals surface area contributed by atoms with Gasteiger partial charge in [-0.05, 0) is 13.3 Å². The molecule has 0 aliphatic heterocycles. The quantitative estimate of drug-likeness (QED) is 0.637. The first-order valence-corrected chi connectivity index (χ1v) is 5.44. The monoisotopic (exact) mass is 257 g/mol. The van der Waals surface area contributed by atoms with Crippen molar-refractivity contribution in [3.8, 4) is 0 Å². The lowest BCUT2D eigenvalue weighted by molar-refractivity contribution is -0.173. The van der Waals surface area contributed by atoms with Gasteiger partial charge in [0.2, 0.25) is 5.91 Å². The van der Waals surface area contributed by atoms with E-state index in [1.807, 2.05) is 6.92 Å². The minimum Gasteiger partial charge on any atom is -0.382 e. The summed E-state index contributed by atoms with van der Waals surface area (Å²) in [6, 6.07) is 0. The van der Waals surface area contributed by atoms with Gasteiger partial charge in [0.15, 0.2) is 0 Å². The molecule has 0 aromatic heterocycles. The molecule has 7 heteroatoms. The second kappa shape index (κ2) is 9.23. The van der Waals surface area contributed by atoms with Gasteiger partial charge in [0.05, 0.1) is 6.61 Å². The molecule has 1 N–H and O–H groups in total. The summed E-state index contributed by atoms with van der Waals surface area (Å²) < 4.78 is 44.3. The Hall–Kier alpha value is -0.820. The molecule has 0 aromatic carbocycles. The molecule has 0 radical (unpaired) electrons. The normalized spacial score (nSPS) is 11.5. The summed E-state index contributed by atoms with van der Waals surface area (Å²) >= 11 is 0. The van der Waals surface area contributed by atoms with E-state index in [0.29, 0.717) is 26.1 Å². The lowest BCUT2D eigenvalue weighted by Crippen LogP contribution is -2.28. The van der Waals surface area contributed by atoms with Gasteiger partial charge in [0, 0.05) is 26.2 Å². The number of halogens is 3. The van der Waals surface area contributed by atoms with Gasteiger partial charge in [-0.15, -0.1) is 0 Å². The fourth-order valence-corrected chi connectivity index (χ4v) is 1.02. The molecule has 102 valence electrons. The Balaban J connectivity index is 3.28. The van der Waals surface area contributed by atoms with Crippen molar-refractivity contribution in [1.29, 1.82) is 0 Å². The molecular weight excluding hydrogens is 239 g/mol. The number of hydrogen-bond donors (Lipinski definition) is 1. The zero-order valence-corrected chi connectivity index (χ0v) is 9.81. The Morgan fingerprint density at radius 2 is 1.94 bits per heavy atom. The minimum atomic E-state index is -4.32. The Morgan fingerprint density at radius 3 is 2.53 bits per heavy atom. The van der Waals surface area contributed by atoms with Crippen LogP contribution in [0.25, 0.3) is 0 Å². The van der Waals surface area contributed by atoms with Gasteiger partial charge in [-0.25, -0.2) is 0 Å². The van der Waals surface area contributed by atoms with E-state index in [1.54, 1.807) is 0 Å². The van der Waals surface area contributed by atoms with Crippen LogP contribution in [0.1, 0.15) is 19.8 Å². The van der Waals surface area contributed by atoms with Crippen LogP contribution in [0.5, 0.6) is 0 Å². The summed E-state index contributed by atoms with van der Waals surface area (Å²) in [5.74, 6) is -0.208. The van der Waals surface area contributed by atoms with Gasteiger partial charge in [-0.2, -0.15) is 13.2 Å². The molecule has 0 fully saturated rings. The fraction of sp³-hybridized carbons (Fsp3) is 0.900. The Labute approximate surface area is 98.5 Å². The molecule has 0 unspecified atom stereocenters. The van der Waals surface area contributed by atoms with Crippen LogP contribution in [0.15, 0.2) is 0 Å². The molecule has 0 aliphatic rings. The van der Waals surface area contributed by atoms with Crippen molar-refractivity contribution >= 4 is 5.91 Å². The summed E-state index contributed by atoms with van der Waals surface area (Å²) in [5.41, 5.74) is 0. The van der Waals surface area contributed by atoms with E-state index in [1.165, 1.54) is 0 Å². The number of alkyl halides is 3. The average Bonchev–Trinajstić information content (AvgIpc) is 2.22. The molecule has 0 rings (SSSR count). The van der Waals surface area contributed by atoms with Gasteiger partial charge in [-0.3, -0.25) is 4.79 Å². The Kier molecular flexibility index (Phi) is 8.79. The molecular formula is C10H18F3NO3. The van der Waals surface area contributed by atoms with E-state index in [4.69, 9.17) is 4.74 Å². The SMILES string of the molecule is CCOCCCC(=O)NCCOCC(F)(F)F. The van der Waals surface area contributed by atoms with Crippen LogP contribution in [-0.4, -0.2) is 45.1 Å². The van der Waals surface area contributed by atoms with E-state index >= 15 is 0 Å². The molecule has 0 spiro atoms. The van der Waals surface area contributed by atoms with Crippen LogP contribution in [0.2, 0.25) is 0 Å². The molecule has 0 atom stereocenters. The highest BCUT2D eigenvalue weighted by molar-refractivity contribution is 5.75. The number of nitrogens with one attached hydrogen (secondary N) is 1. The number of ether oxygens (including phenoxy) is 2. The van der Waals surface area contributed by atoms with Crippen molar-refractivity contribution in [1.82, 2.24) is 5.32 Å². The van der Waals surface area contributed by atoms with Crippen molar-refractivity contribution in [2.75, 3.05) is 33.0 Å².